The third-order valence-electron chi connectivity index (χ3n) is 8.37. The molecule has 158 valence electrons. The number of hydrogen-bond donors (Lipinski definition) is 2. The second-order valence-electron chi connectivity index (χ2n) is 9.78. The van der Waals surface area contributed by atoms with E-state index in [1.54, 1.807) is 13.8 Å². The zero-order valence-electron chi connectivity index (χ0n) is 17.4. The van der Waals surface area contributed by atoms with Crippen LogP contribution < -0.4 is 0 Å². The van der Waals surface area contributed by atoms with E-state index >= 15 is 0 Å². The summed E-state index contributed by atoms with van der Waals surface area (Å²) in [5, 5.41) is 20.2. The third kappa shape index (κ3) is 3.27. The van der Waals surface area contributed by atoms with Gasteiger partial charge in [0.2, 0.25) is 0 Å². The zero-order valence-corrected chi connectivity index (χ0v) is 17.4. The van der Waals surface area contributed by atoms with Crippen LogP contribution in [-0.4, -0.2) is 40.1 Å². The highest BCUT2D eigenvalue weighted by molar-refractivity contribution is 5.89. The van der Waals surface area contributed by atoms with E-state index < -0.39 is 28.9 Å². The first kappa shape index (κ1) is 21.3. The normalized spacial score (nSPS) is 44.6. The fourth-order valence-corrected chi connectivity index (χ4v) is 6.69. The molecule has 0 heterocycles. The van der Waals surface area contributed by atoms with Gasteiger partial charge in [0, 0.05) is 24.2 Å². The molecule has 2 N–H and O–H groups in total. The number of ether oxygens (including phenoxy) is 1. The first-order valence-electron chi connectivity index (χ1n) is 10.6. The molecule has 0 radical (unpaired) electrons. The van der Waals surface area contributed by atoms with E-state index in [0.717, 1.165) is 6.42 Å². The molecule has 0 aromatic rings. The maximum Gasteiger partial charge on any atom is 0.310 e. The van der Waals surface area contributed by atoms with Crippen molar-refractivity contribution in [3.63, 3.8) is 0 Å². The van der Waals surface area contributed by atoms with E-state index in [9.17, 15) is 24.6 Å². The molecule has 6 nitrogen and oxygen atoms in total. The largest absolute Gasteiger partial charge is 0.481 e. The summed E-state index contributed by atoms with van der Waals surface area (Å²) in [5.41, 5.74) is -1.55. The van der Waals surface area contributed by atoms with Crippen LogP contribution in [0.1, 0.15) is 72.6 Å². The van der Waals surface area contributed by atoms with Crippen molar-refractivity contribution in [1.82, 2.24) is 0 Å². The van der Waals surface area contributed by atoms with Crippen LogP contribution in [0.4, 0.5) is 0 Å². The molecule has 0 aromatic carbocycles. The lowest BCUT2D eigenvalue weighted by molar-refractivity contribution is -0.167. The summed E-state index contributed by atoms with van der Waals surface area (Å²) in [7, 11) is 0. The number of aliphatic hydroxyl groups excluding tert-OH is 1. The van der Waals surface area contributed by atoms with Crippen LogP contribution in [0.2, 0.25) is 0 Å². The maximum atomic E-state index is 13.6. The summed E-state index contributed by atoms with van der Waals surface area (Å²) in [6.45, 7) is 6.86. The van der Waals surface area contributed by atoms with Gasteiger partial charge in [-0.25, -0.2) is 0 Å². The van der Waals surface area contributed by atoms with E-state index in [0.29, 0.717) is 38.5 Å². The molecule has 3 saturated carbocycles. The van der Waals surface area contributed by atoms with Gasteiger partial charge < -0.3 is 14.9 Å². The fourth-order valence-electron chi connectivity index (χ4n) is 6.69. The molecule has 28 heavy (non-hydrogen) atoms. The fraction of sp³-hybridized carbons (Fsp3) is 0.864. The molecule has 0 amide bonds. The number of carbonyl (C=O) groups excluding carboxylic acids is 2. The smallest absolute Gasteiger partial charge is 0.310 e. The van der Waals surface area contributed by atoms with Gasteiger partial charge in [0.1, 0.15) is 11.9 Å². The molecule has 0 saturated heterocycles. The van der Waals surface area contributed by atoms with Gasteiger partial charge in [0.05, 0.1) is 11.5 Å². The summed E-state index contributed by atoms with van der Waals surface area (Å²) in [4.78, 5) is 37.4. The van der Waals surface area contributed by atoms with Crippen LogP contribution in [0, 0.1) is 34.5 Å². The second kappa shape index (κ2) is 7.43. The Hall–Kier alpha value is -1.43. The topological polar surface area (TPSA) is 101 Å². The summed E-state index contributed by atoms with van der Waals surface area (Å²) in [6.07, 6.45) is 4.03. The van der Waals surface area contributed by atoms with E-state index in [1.165, 1.54) is 6.92 Å². The van der Waals surface area contributed by atoms with Gasteiger partial charge in [-0.2, -0.15) is 0 Å². The highest BCUT2D eigenvalue weighted by Crippen LogP contribution is 2.58. The first-order valence-corrected chi connectivity index (χ1v) is 10.6. The zero-order chi connectivity index (χ0) is 20.9. The molecule has 0 spiro atoms. The van der Waals surface area contributed by atoms with E-state index in [-0.39, 0.29) is 35.6 Å². The monoisotopic (exact) mass is 394 g/mol. The standard InChI is InChI=1S/C22H34O6/c1-12(28-13(2)23)17-7-8-18(22(17,4)20(26)27)16-6-5-14-11-15(24)9-10-21(14,3)19(16)25/h12,14-18,24H,5-11H2,1-4H3,(H,26,27)/t12-,14+,15+,16-,17+,18+,21-,22-/m0/s1. The summed E-state index contributed by atoms with van der Waals surface area (Å²) in [6, 6.07) is 0. The Morgan fingerprint density at radius 2 is 1.82 bits per heavy atom. The van der Waals surface area contributed by atoms with Crippen LogP contribution in [0.3, 0.4) is 0 Å². The Balaban J connectivity index is 1.87. The summed E-state index contributed by atoms with van der Waals surface area (Å²) in [5.74, 6) is -1.75. The molecule has 0 unspecified atom stereocenters. The number of aliphatic hydroxyl groups is 1. The molecule has 0 bridgehead atoms. The molecule has 6 heteroatoms. The minimum Gasteiger partial charge on any atom is -0.481 e. The van der Waals surface area contributed by atoms with E-state index in [4.69, 9.17) is 4.74 Å². The number of ketones is 1. The van der Waals surface area contributed by atoms with Crippen molar-refractivity contribution in [1.29, 1.82) is 0 Å². The van der Waals surface area contributed by atoms with E-state index in [2.05, 4.69) is 0 Å². The first-order chi connectivity index (χ1) is 13.0. The minimum absolute atomic E-state index is 0.188. The van der Waals surface area contributed by atoms with Crippen molar-refractivity contribution in [2.75, 3.05) is 0 Å². The van der Waals surface area contributed by atoms with Crippen molar-refractivity contribution in [2.45, 2.75) is 84.8 Å². The van der Waals surface area contributed by atoms with Crippen molar-refractivity contribution < 1.29 is 29.3 Å². The number of carboxylic acid groups (broad SMARTS) is 1. The lowest BCUT2D eigenvalue weighted by atomic mass is 9.53. The quantitative estimate of drug-likeness (QED) is 0.710. The average Bonchev–Trinajstić information content (AvgIpc) is 2.95. The summed E-state index contributed by atoms with van der Waals surface area (Å²) >= 11 is 0. The Kier molecular flexibility index (Phi) is 5.65. The van der Waals surface area contributed by atoms with Gasteiger partial charge in [0.25, 0.3) is 0 Å². The number of hydrogen-bond acceptors (Lipinski definition) is 5. The molecule has 3 aliphatic rings. The van der Waals surface area contributed by atoms with Crippen LogP contribution in [-0.2, 0) is 19.1 Å². The molecular weight excluding hydrogens is 360 g/mol. The predicted octanol–water partition coefficient (Wildman–Crippen LogP) is 3.20. The number of esters is 1. The van der Waals surface area contributed by atoms with E-state index in [1.807, 2.05) is 6.92 Å². The number of carbonyl (C=O) groups is 3. The predicted molar refractivity (Wildman–Crippen MR) is 102 cm³/mol. The van der Waals surface area contributed by atoms with Crippen LogP contribution in [0.25, 0.3) is 0 Å². The molecule has 3 rings (SSSR count). The molecular formula is C22H34O6. The lowest BCUT2D eigenvalue weighted by Crippen LogP contribution is -2.53. The highest BCUT2D eigenvalue weighted by atomic mass is 16.5. The third-order valence-corrected chi connectivity index (χ3v) is 8.37. The number of aliphatic carboxylic acids is 1. The Labute approximate surface area is 167 Å². The lowest BCUT2D eigenvalue weighted by Gasteiger charge is -2.50. The number of carboxylic acids is 1. The van der Waals surface area contributed by atoms with Gasteiger partial charge in [-0.15, -0.1) is 0 Å². The Bertz CT molecular complexity index is 659. The number of rotatable bonds is 4. The SMILES string of the molecule is CC(=O)O[C@@H](C)[C@H]1CC[C@H]([C@@H]2CC[C@@H]3C[C@H](O)CC[C@]3(C)C2=O)[C@@]1(C)C(=O)O. The van der Waals surface area contributed by atoms with Gasteiger partial charge in [-0.3, -0.25) is 14.4 Å². The Morgan fingerprint density at radius 3 is 2.43 bits per heavy atom. The number of Topliss-reactive ketones (excluding diaryl/α,β-unsaturated/α-hetero) is 1. The number of fused-ring (bicyclic) bond motifs is 1. The van der Waals surface area contributed by atoms with Crippen molar-refractivity contribution in [3.8, 4) is 0 Å². The molecule has 8 atom stereocenters. The maximum absolute atomic E-state index is 13.6. The van der Waals surface area contributed by atoms with Crippen molar-refractivity contribution in [2.24, 2.45) is 34.5 Å². The van der Waals surface area contributed by atoms with Gasteiger partial charge in [-0.05, 0) is 70.6 Å². The van der Waals surface area contributed by atoms with Gasteiger partial charge in [0.15, 0.2) is 0 Å². The average molecular weight is 395 g/mol. The van der Waals surface area contributed by atoms with Crippen molar-refractivity contribution >= 4 is 17.7 Å². The molecule has 0 aromatic heterocycles. The summed E-state index contributed by atoms with van der Waals surface area (Å²) < 4.78 is 5.34. The highest BCUT2D eigenvalue weighted by Gasteiger charge is 2.61. The van der Waals surface area contributed by atoms with Crippen molar-refractivity contribution in [3.05, 3.63) is 0 Å². The minimum atomic E-state index is -1.09. The second-order valence-corrected chi connectivity index (χ2v) is 9.78. The Morgan fingerprint density at radius 1 is 1.14 bits per heavy atom. The molecule has 3 aliphatic carbocycles. The van der Waals surface area contributed by atoms with Gasteiger partial charge >= 0.3 is 11.9 Å². The van der Waals surface area contributed by atoms with Crippen LogP contribution in [0.15, 0.2) is 0 Å². The molecule has 3 fully saturated rings. The van der Waals surface area contributed by atoms with Gasteiger partial charge in [-0.1, -0.05) is 6.92 Å². The van der Waals surface area contributed by atoms with Crippen LogP contribution in [0.5, 0.6) is 0 Å². The van der Waals surface area contributed by atoms with Crippen LogP contribution >= 0.6 is 0 Å². The molecule has 0 aliphatic heterocycles.